The average Bonchev–Trinajstić information content (AvgIpc) is 3.32. The van der Waals surface area contributed by atoms with Gasteiger partial charge in [0.25, 0.3) is 0 Å². The Kier molecular flexibility index (Phi) is 6.36. The average molecular weight is 429 g/mol. The Hall–Kier alpha value is -3.07. The van der Waals surface area contributed by atoms with Crippen LogP contribution in [0.3, 0.4) is 0 Å². The van der Waals surface area contributed by atoms with Crippen LogP contribution >= 0.6 is 0 Å². The summed E-state index contributed by atoms with van der Waals surface area (Å²) in [5, 5.41) is 9.44. The SMILES string of the molecule is CC(C)(C)c1ccc(COc2ccc(-c3ccc(C(=O)O)cc3C3CCCC3)cc2)cc1. The highest BCUT2D eigenvalue weighted by Crippen LogP contribution is 2.40. The summed E-state index contributed by atoms with van der Waals surface area (Å²) in [5.41, 5.74) is 6.38. The lowest BCUT2D eigenvalue weighted by Gasteiger charge is -2.19. The van der Waals surface area contributed by atoms with E-state index in [4.69, 9.17) is 4.74 Å². The van der Waals surface area contributed by atoms with E-state index in [0.29, 0.717) is 18.1 Å². The van der Waals surface area contributed by atoms with Gasteiger partial charge in [-0.25, -0.2) is 4.79 Å². The number of hydrogen-bond acceptors (Lipinski definition) is 2. The molecule has 4 rings (SSSR count). The molecule has 0 saturated heterocycles. The molecular weight excluding hydrogens is 396 g/mol. The number of ether oxygens (including phenoxy) is 1. The number of benzene rings is 3. The van der Waals surface area contributed by atoms with Crippen molar-refractivity contribution in [3.63, 3.8) is 0 Å². The van der Waals surface area contributed by atoms with Crippen LogP contribution in [-0.2, 0) is 12.0 Å². The first-order valence-corrected chi connectivity index (χ1v) is 11.5. The Bertz CT molecular complexity index is 1070. The van der Waals surface area contributed by atoms with E-state index in [-0.39, 0.29) is 5.41 Å². The quantitative estimate of drug-likeness (QED) is 0.440. The molecule has 0 heterocycles. The van der Waals surface area contributed by atoms with Crippen molar-refractivity contribution in [2.24, 2.45) is 0 Å². The maximum Gasteiger partial charge on any atom is 0.335 e. The van der Waals surface area contributed by atoms with Crippen LogP contribution in [0.2, 0.25) is 0 Å². The number of carboxylic acids is 1. The van der Waals surface area contributed by atoms with E-state index in [9.17, 15) is 9.90 Å². The molecule has 3 aromatic rings. The van der Waals surface area contributed by atoms with Crippen molar-refractivity contribution in [2.75, 3.05) is 0 Å². The van der Waals surface area contributed by atoms with Crippen molar-refractivity contribution in [3.8, 4) is 16.9 Å². The first-order valence-electron chi connectivity index (χ1n) is 11.5. The van der Waals surface area contributed by atoms with Crippen molar-refractivity contribution < 1.29 is 14.6 Å². The Morgan fingerprint density at radius 1 is 0.938 bits per heavy atom. The van der Waals surface area contributed by atoms with Gasteiger partial charge >= 0.3 is 5.97 Å². The lowest BCUT2D eigenvalue weighted by molar-refractivity contribution is 0.0696. The molecule has 0 spiro atoms. The molecule has 1 fully saturated rings. The summed E-state index contributed by atoms with van der Waals surface area (Å²) in [7, 11) is 0. The summed E-state index contributed by atoms with van der Waals surface area (Å²) in [4.78, 5) is 11.5. The van der Waals surface area contributed by atoms with Crippen LogP contribution in [0.15, 0.2) is 66.7 Å². The Balaban J connectivity index is 1.49. The van der Waals surface area contributed by atoms with E-state index < -0.39 is 5.97 Å². The van der Waals surface area contributed by atoms with E-state index >= 15 is 0 Å². The standard InChI is InChI=1S/C29H32O3/c1-29(2,3)24-13-8-20(9-14-24)19-32-25-15-10-22(11-16-25)26-17-12-23(28(30)31)18-27(26)21-6-4-5-7-21/h8-18,21H,4-7,19H2,1-3H3,(H,30,31). The lowest BCUT2D eigenvalue weighted by atomic mass is 9.87. The van der Waals surface area contributed by atoms with Gasteiger partial charge in [-0.2, -0.15) is 0 Å². The van der Waals surface area contributed by atoms with Gasteiger partial charge in [-0.1, -0.05) is 76.1 Å². The van der Waals surface area contributed by atoms with Gasteiger partial charge < -0.3 is 9.84 Å². The van der Waals surface area contributed by atoms with Crippen LogP contribution < -0.4 is 4.74 Å². The van der Waals surface area contributed by atoms with Gasteiger partial charge in [-0.05, 0) is 76.3 Å². The number of rotatable bonds is 6. The second-order valence-corrected chi connectivity index (χ2v) is 9.85. The first kappa shape index (κ1) is 22.1. The van der Waals surface area contributed by atoms with Crippen molar-refractivity contribution in [1.29, 1.82) is 0 Å². The van der Waals surface area contributed by atoms with Crippen LogP contribution in [0.25, 0.3) is 11.1 Å². The van der Waals surface area contributed by atoms with Crippen LogP contribution in [0.5, 0.6) is 5.75 Å². The molecular formula is C29H32O3. The van der Waals surface area contributed by atoms with Gasteiger partial charge in [0.2, 0.25) is 0 Å². The van der Waals surface area contributed by atoms with Crippen LogP contribution in [0.4, 0.5) is 0 Å². The van der Waals surface area contributed by atoms with Crippen LogP contribution in [0.1, 0.15) is 79.4 Å². The highest BCUT2D eigenvalue weighted by molar-refractivity contribution is 5.89. The zero-order valence-electron chi connectivity index (χ0n) is 19.2. The Morgan fingerprint density at radius 2 is 1.59 bits per heavy atom. The molecule has 0 amide bonds. The molecule has 1 saturated carbocycles. The zero-order valence-corrected chi connectivity index (χ0v) is 19.2. The number of carbonyl (C=O) groups is 1. The maximum absolute atomic E-state index is 11.5. The van der Waals surface area contributed by atoms with Crippen molar-refractivity contribution in [1.82, 2.24) is 0 Å². The summed E-state index contributed by atoms with van der Waals surface area (Å²) < 4.78 is 6.01. The molecule has 0 bridgehead atoms. The number of carboxylic acid groups (broad SMARTS) is 1. The summed E-state index contributed by atoms with van der Waals surface area (Å²) in [5.74, 6) is 0.407. The number of hydrogen-bond donors (Lipinski definition) is 1. The van der Waals surface area contributed by atoms with E-state index in [2.05, 4.69) is 57.2 Å². The fourth-order valence-corrected chi connectivity index (χ4v) is 4.53. The van der Waals surface area contributed by atoms with Gasteiger partial charge in [0.15, 0.2) is 0 Å². The Morgan fingerprint density at radius 3 is 2.19 bits per heavy atom. The smallest absolute Gasteiger partial charge is 0.335 e. The predicted octanol–water partition coefficient (Wildman–Crippen LogP) is 7.59. The fourth-order valence-electron chi connectivity index (χ4n) is 4.53. The van der Waals surface area contributed by atoms with Gasteiger partial charge in [0.1, 0.15) is 12.4 Å². The van der Waals surface area contributed by atoms with E-state index in [1.165, 1.54) is 18.4 Å². The van der Waals surface area contributed by atoms with Gasteiger partial charge in [-0.3, -0.25) is 0 Å². The Labute approximate surface area is 191 Å². The van der Waals surface area contributed by atoms with Crippen LogP contribution in [-0.4, -0.2) is 11.1 Å². The molecule has 166 valence electrons. The predicted molar refractivity (Wildman–Crippen MR) is 130 cm³/mol. The summed E-state index contributed by atoms with van der Waals surface area (Å²) in [6, 6.07) is 22.3. The highest BCUT2D eigenvalue weighted by Gasteiger charge is 2.22. The molecule has 3 heteroatoms. The molecule has 0 unspecified atom stereocenters. The van der Waals surface area contributed by atoms with Gasteiger partial charge in [-0.15, -0.1) is 0 Å². The third-order valence-corrected chi connectivity index (χ3v) is 6.48. The van der Waals surface area contributed by atoms with Gasteiger partial charge in [0.05, 0.1) is 5.56 Å². The molecule has 3 nitrogen and oxygen atoms in total. The highest BCUT2D eigenvalue weighted by atomic mass is 16.5. The summed E-state index contributed by atoms with van der Waals surface area (Å²) >= 11 is 0. The van der Waals surface area contributed by atoms with Crippen molar-refractivity contribution >= 4 is 5.97 Å². The van der Waals surface area contributed by atoms with Crippen molar-refractivity contribution in [2.45, 2.75) is 64.4 Å². The number of aromatic carboxylic acids is 1. The first-order chi connectivity index (χ1) is 15.3. The summed E-state index contributed by atoms with van der Waals surface area (Å²) in [6.07, 6.45) is 4.69. The van der Waals surface area contributed by atoms with Gasteiger partial charge in [0, 0.05) is 0 Å². The van der Waals surface area contributed by atoms with Crippen molar-refractivity contribution in [3.05, 3.63) is 89.0 Å². The van der Waals surface area contributed by atoms with E-state index in [0.717, 1.165) is 40.8 Å². The van der Waals surface area contributed by atoms with Crippen LogP contribution in [0, 0.1) is 0 Å². The fraction of sp³-hybridized carbons (Fsp3) is 0.345. The molecule has 0 aromatic heterocycles. The molecule has 1 aliphatic carbocycles. The molecule has 3 aromatic carbocycles. The summed E-state index contributed by atoms with van der Waals surface area (Å²) in [6.45, 7) is 7.18. The third-order valence-electron chi connectivity index (χ3n) is 6.48. The molecule has 1 N–H and O–H groups in total. The molecule has 0 aliphatic heterocycles. The lowest BCUT2D eigenvalue weighted by Crippen LogP contribution is -2.10. The normalized spacial score (nSPS) is 14.5. The molecule has 0 radical (unpaired) electrons. The minimum Gasteiger partial charge on any atom is -0.489 e. The minimum absolute atomic E-state index is 0.148. The zero-order chi connectivity index (χ0) is 22.7. The largest absolute Gasteiger partial charge is 0.489 e. The minimum atomic E-state index is -0.866. The third kappa shape index (κ3) is 5.04. The second kappa shape index (κ2) is 9.20. The molecule has 32 heavy (non-hydrogen) atoms. The van der Waals surface area contributed by atoms with E-state index in [1.54, 1.807) is 6.07 Å². The van der Waals surface area contributed by atoms with E-state index in [1.807, 2.05) is 24.3 Å². The maximum atomic E-state index is 11.5. The monoisotopic (exact) mass is 428 g/mol. The molecule has 0 atom stereocenters. The topological polar surface area (TPSA) is 46.5 Å². The molecule has 1 aliphatic rings. The second-order valence-electron chi connectivity index (χ2n) is 9.85.